The molecule has 0 saturated heterocycles. The number of nitrogens with zero attached hydrogens (tertiary/aromatic N) is 2. The number of rotatable bonds is 18. The average Bonchev–Trinajstić information content (AvgIpc) is 2.74. The molecule has 1 rings (SSSR count). The summed E-state index contributed by atoms with van der Waals surface area (Å²) in [7, 11) is 11.4. The molecule has 0 fully saturated rings. The standard InChI is InChI=1S/C19H42N.C11H18N.BrH.ClH/c1-5-6-7-8-9-10-11-12-13-14-15-16-17-18-19-20(2,3)4;1-4-12(2,3)10-11-8-6-5-7-9-11;;/h5-19H2,1-4H3;5-9H,4,10H2,1-3H3;2*1H/q2*+1;;/p-2. The van der Waals surface area contributed by atoms with E-state index < -0.39 is 0 Å². The molecule has 1 aromatic rings. The Balaban J connectivity index is -0.000000590. The third-order valence-electron chi connectivity index (χ3n) is 6.49. The minimum absolute atomic E-state index is 0. The van der Waals surface area contributed by atoms with E-state index in [9.17, 15) is 0 Å². The number of hydrogen-bond acceptors (Lipinski definition) is 0. The fraction of sp³-hybridized carbons (Fsp3) is 0.800. The average molecular weight is 564 g/mol. The molecule has 34 heavy (non-hydrogen) atoms. The van der Waals surface area contributed by atoms with Crippen molar-refractivity contribution in [2.24, 2.45) is 0 Å². The van der Waals surface area contributed by atoms with Crippen molar-refractivity contribution in [3.8, 4) is 0 Å². The zero-order valence-electron chi connectivity index (χ0n) is 24.1. The summed E-state index contributed by atoms with van der Waals surface area (Å²) in [5, 5.41) is 0. The highest BCUT2D eigenvalue weighted by Crippen LogP contribution is 2.13. The number of hydrogen-bond donors (Lipinski definition) is 0. The van der Waals surface area contributed by atoms with Crippen molar-refractivity contribution in [3.05, 3.63) is 35.9 Å². The van der Waals surface area contributed by atoms with Crippen molar-refractivity contribution >= 4 is 0 Å². The lowest BCUT2D eigenvalue weighted by molar-refractivity contribution is -0.901. The van der Waals surface area contributed by atoms with Crippen LogP contribution in [0.5, 0.6) is 0 Å². The number of quaternary nitrogens is 2. The van der Waals surface area contributed by atoms with Crippen LogP contribution in [0.3, 0.4) is 0 Å². The maximum absolute atomic E-state index is 2.29. The third kappa shape index (κ3) is 28.1. The lowest BCUT2D eigenvalue weighted by atomic mass is 10.0. The molecular weight excluding hydrogens is 504 g/mol. The van der Waals surface area contributed by atoms with Gasteiger partial charge in [-0.2, -0.15) is 0 Å². The highest BCUT2D eigenvalue weighted by atomic mass is 79.9. The third-order valence-corrected chi connectivity index (χ3v) is 6.49. The Bertz CT molecular complexity index is 514. The molecule has 0 N–H and O–H groups in total. The van der Waals surface area contributed by atoms with E-state index in [1.165, 1.54) is 109 Å². The summed E-state index contributed by atoms with van der Waals surface area (Å²) in [6, 6.07) is 10.6. The molecule has 0 unspecified atom stereocenters. The Morgan fingerprint density at radius 1 is 0.559 bits per heavy atom. The molecule has 0 atom stereocenters. The van der Waals surface area contributed by atoms with Crippen molar-refractivity contribution in [2.75, 3.05) is 48.3 Å². The van der Waals surface area contributed by atoms with Crippen molar-refractivity contribution in [1.29, 1.82) is 0 Å². The maximum Gasteiger partial charge on any atom is 0.104 e. The van der Waals surface area contributed by atoms with E-state index >= 15 is 0 Å². The van der Waals surface area contributed by atoms with Crippen LogP contribution in [0.4, 0.5) is 0 Å². The second kappa shape index (κ2) is 24.6. The van der Waals surface area contributed by atoms with Gasteiger partial charge in [-0.25, -0.2) is 0 Å². The van der Waals surface area contributed by atoms with Gasteiger partial charge in [0.2, 0.25) is 0 Å². The summed E-state index contributed by atoms with van der Waals surface area (Å²) in [6.45, 7) is 8.15. The lowest BCUT2D eigenvalue weighted by Gasteiger charge is -2.28. The van der Waals surface area contributed by atoms with Crippen molar-refractivity contribution in [3.63, 3.8) is 0 Å². The minimum Gasteiger partial charge on any atom is -1.00 e. The zero-order valence-corrected chi connectivity index (χ0v) is 26.4. The molecule has 0 aliphatic carbocycles. The summed E-state index contributed by atoms with van der Waals surface area (Å²) in [5.74, 6) is 0. The molecule has 1 aromatic carbocycles. The highest BCUT2D eigenvalue weighted by molar-refractivity contribution is 5.13. The molecule has 4 heteroatoms. The molecule has 0 spiro atoms. The first kappa shape index (κ1) is 38.4. The quantitative estimate of drug-likeness (QED) is 0.190. The SMILES string of the molecule is CCCCCCCCCCCCCCCC[N+](C)(C)C.CC[N+](C)(C)Cc1ccccc1.[Br-].[Cl-]. The van der Waals surface area contributed by atoms with Crippen LogP contribution in [0, 0.1) is 0 Å². The van der Waals surface area contributed by atoms with Gasteiger partial charge in [-0.15, -0.1) is 0 Å². The zero-order chi connectivity index (χ0) is 24.1. The normalized spacial score (nSPS) is 11.1. The van der Waals surface area contributed by atoms with Gasteiger partial charge in [0.25, 0.3) is 0 Å². The van der Waals surface area contributed by atoms with Gasteiger partial charge in [-0.3, -0.25) is 0 Å². The number of benzene rings is 1. The molecule has 2 nitrogen and oxygen atoms in total. The smallest absolute Gasteiger partial charge is 0.104 e. The summed E-state index contributed by atoms with van der Waals surface area (Å²) in [6.07, 6.45) is 20.4. The van der Waals surface area contributed by atoms with Gasteiger partial charge in [0.1, 0.15) is 6.54 Å². The Morgan fingerprint density at radius 2 is 0.941 bits per heavy atom. The van der Waals surface area contributed by atoms with E-state index in [0.717, 1.165) is 15.5 Å². The Hall–Kier alpha value is -0.0900. The van der Waals surface area contributed by atoms with Crippen LogP contribution in [-0.2, 0) is 6.54 Å². The molecule has 0 aliphatic heterocycles. The van der Waals surface area contributed by atoms with Gasteiger partial charge >= 0.3 is 0 Å². The Morgan fingerprint density at radius 3 is 1.29 bits per heavy atom. The Kier molecular flexibility index (Phi) is 27.8. The van der Waals surface area contributed by atoms with Crippen LogP contribution in [0.2, 0.25) is 0 Å². The molecule has 0 heterocycles. The van der Waals surface area contributed by atoms with Gasteiger partial charge < -0.3 is 38.4 Å². The van der Waals surface area contributed by atoms with Crippen LogP contribution < -0.4 is 29.4 Å². The van der Waals surface area contributed by atoms with E-state index in [2.05, 4.69) is 79.4 Å². The van der Waals surface area contributed by atoms with Crippen LogP contribution in [0.25, 0.3) is 0 Å². The van der Waals surface area contributed by atoms with Crippen LogP contribution in [0.15, 0.2) is 30.3 Å². The van der Waals surface area contributed by atoms with E-state index in [4.69, 9.17) is 0 Å². The molecule has 204 valence electrons. The summed E-state index contributed by atoms with van der Waals surface area (Å²) >= 11 is 0. The summed E-state index contributed by atoms with van der Waals surface area (Å²) < 4.78 is 2.18. The molecule has 0 aromatic heterocycles. The Labute approximate surface area is 232 Å². The van der Waals surface area contributed by atoms with Crippen LogP contribution >= 0.6 is 0 Å². The predicted octanol–water partition coefficient (Wildman–Crippen LogP) is 2.46. The first-order valence-corrected chi connectivity index (χ1v) is 13.9. The van der Waals surface area contributed by atoms with Crippen LogP contribution in [-0.4, -0.2) is 57.3 Å². The fourth-order valence-corrected chi connectivity index (χ4v) is 3.97. The first-order valence-electron chi connectivity index (χ1n) is 13.9. The van der Waals surface area contributed by atoms with E-state index in [1.807, 2.05) is 0 Å². The van der Waals surface area contributed by atoms with E-state index in [1.54, 1.807) is 0 Å². The number of halogens is 2. The van der Waals surface area contributed by atoms with Gasteiger partial charge in [0.15, 0.2) is 0 Å². The molecule has 0 aliphatic rings. The molecule has 0 bridgehead atoms. The number of unbranched alkanes of at least 4 members (excludes halogenated alkanes) is 13. The van der Waals surface area contributed by atoms with E-state index in [0.29, 0.717) is 0 Å². The fourth-order valence-electron chi connectivity index (χ4n) is 3.97. The van der Waals surface area contributed by atoms with Crippen LogP contribution in [0.1, 0.15) is 109 Å². The maximum atomic E-state index is 2.29. The second-order valence-corrected chi connectivity index (χ2v) is 11.5. The first-order chi connectivity index (χ1) is 15.2. The summed E-state index contributed by atoms with van der Waals surface area (Å²) in [5.41, 5.74) is 1.42. The van der Waals surface area contributed by atoms with Gasteiger partial charge in [-0.05, 0) is 19.8 Å². The van der Waals surface area contributed by atoms with Crippen molar-refractivity contribution in [1.82, 2.24) is 0 Å². The largest absolute Gasteiger partial charge is 1.00 e. The predicted molar refractivity (Wildman–Crippen MR) is 146 cm³/mol. The second-order valence-electron chi connectivity index (χ2n) is 11.5. The molecule has 0 saturated carbocycles. The van der Waals surface area contributed by atoms with Crippen molar-refractivity contribution in [2.45, 2.75) is 110 Å². The van der Waals surface area contributed by atoms with Crippen molar-refractivity contribution < 1.29 is 38.4 Å². The minimum atomic E-state index is 0. The van der Waals surface area contributed by atoms with E-state index in [-0.39, 0.29) is 29.4 Å². The van der Waals surface area contributed by atoms with Gasteiger partial charge in [0, 0.05) is 5.56 Å². The molecular formula is C30H60BrClN2. The van der Waals surface area contributed by atoms with Gasteiger partial charge in [-0.1, -0.05) is 114 Å². The highest BCUT2D eigenvalue weighted by Gasteiger charge is 2.11. The van der Waals surface area contributed by atoms with Gasteiger partial charge in [0.05, 0.1) is 48.3 Å². The lowest BCUT2D eigenvalue weighted by Crippen LogP contribution is -3.00. The molecule has 0 radical (unpaired) electrons. The summed E-state index contributed by atoms with van der Waals surface area (Å²) in [4.78, 5) is 0. The molecule has 0 amide bonds. The monoisotopic (exact) mass is 562 g/mol. The topological polar surface area (TPSA) is 0 Å².